The lowest BCUT2D eigenvalue weighted by atomic mass is 10.3. The molecule has 9 heteroatoms. The second-order valence-electron chi connectivity index (χ2n) is 3.14. The molecule has 1 amide bonds. The Morgan fingerprint density at radius 1 is 1.59 bits per heavy atom. The summed E-state index contributed by atoms with van der Waals surface area (Å²) in [5.74, 6) is -0.899. The largest absolute Gasteiger partial charge is 0.406 e. The van der Waals surface area contributed by atoms with E-state index in [1.54, 1.807) is 0 Å². The van der Waals surface area contributed by atoms with E-state index in [2.05, 4.69) is 4.98 Å². The fourth-order valence-electron chi connectivity index (χ4n) is 1.14. The van der Waals surface area contributed by atoms with Gasteiger partial charge >= 0.3 is 6.18 Å². The summed E-state index contributed by atoms with van der Waals surface area (Å²) in [6.45, 7) is -2.39. The molecule has 0 fully saturated rings. The Hall–Kier alpha value is -1.35. The second kappa shape index (κ2) is 5.32. The summed E-state index contributed by atoms with van der Waals surface area (Å²) in [6, 6.07) is 0. The van der Waals surface area contributed by atoms with Crippen molar-refractivity contribution in [1.29, 1.82) is 0 Å². The summed E-state index contributed by atoms with van der Waals surface area (Å²) in [7, 11) is 0. The Balaban J connectivity index is 2.80. The summed E-state index contributed by atoms with van der Waals surface area (Å²) in [6.07, 6.45) is -4.52. The molecule has 3 N–H and O–H groups in total. The van der Waals surface area contributed by atoms with E-state index in [-0.39, 0.29) is 10.8 Å². The van der Waals surface area contributed by atoms with Crippen LogP contribution in [-0.4, -0.2) is 46.8 Å². The van der Waals surface area contributed by atoms with Gasteiger partial charge in [-0.05, 0) is 0 Å². The van der Waals surface area contributed by atoms with Crippen LogP contribution < -0.4 is 5.73 Å². The number of hydrogen-bond donors (Lipinski definition) is 2. The monoisotopic (exact) mass is 269 g/mol. The van der Waals surface area contributed by atoms with Crippen LogP contribution in [-0.2, 0) is 0 Å². The highest BCUT2D eigenvalue weighted by Gasteiger charge is 2.33. The molecule has 0 saturated carbocycles. The number of anilines is 1. The lowest BCUT2D eigenvalue weighted by molar-refractivity contribution is -0.141. The molecule has 0 bridgehead atoms. The lowest BCUT2D eigenvalue weighted by Crippen LogP contribution is -2.40. The van der Waals surface area contributed by atoms with E-state index in [0.29, 0.717) is 4.90 Å². The molecule has 5 nitrogen and oxygen atoms in total. The van der Waals surface area contributed by atoms with Gasteiger partial charge in [-0.15, -0.1) is 11.3 Å². The smallest absolute Gasteiger partial charge is 0.395 e. The minimum absolute atomic E-state index is 0.101. The third-order valence-electron chi connectivity index (χ3n) is 1.77. The summed E-state index contributed by atoms with van der Waals surface area (Å²) < 4.78 is 36.6. The van der Waals surface area contributed by atoms with Gasteiger partial charge in [0.15, 0.2) is 5.13 Å². The quantitative estimate of drug-likeness (QED) is 0.844. The van der Waals surface area contributed by atoms with E-state index in [0.717, 1.165) is 11.3 Å². The lowest BCUT2D eigenvalue weighted by Gasteiger charge is -2.22. The van der Waals surface area contributed by atoms with Crippen LogP contribution in [0.2, 0.25) is 0 Å². The van der Waals surface area contributed by atoms with E-state index in [4.69, 9.17) is 10.8 Å². The van der Waals surface area contributed by atoms with E-state index in [9.17, 15) is 18.0 Å². The number of amides is 1. The van der Waals surface area contributed by atoms with Gasteiger partial charge in [-0.2, -0.15) is 13.2 Å². The molecule has 0 aromatic carbocycles. The van der Waals surface area contributed by atoms with Crippen molar-refractivity contribution in [3.05, 3.63) is 11.1 Å². The van der Waals surface area contributed by atoms with Crippen LogP contribution >= 0.6 is 11.3 Å². The highest BCUT2D eigenvalue weighted by Crippen LogP contribution is 2.19. The van der Waals surface area contributed by atoms with Crippen LogP contribution in [0.5, 0.6) is 0 Å². The van der Waals surface area contributed by atoms with Crippen LogP contribution in [0.3, 0.4) is 0 Å². The third kappa shape index (κ3) is 4.19. The standard InChI is InChI=1S/C8H10F3N3O2S/c9-8(10,11)4-14(1-2-15)6(16)5-3-17-7(12)13-5/h3,15H,1-2,4H2,(H2,12,13). The normalized spacial score (nSPS) is 11.5. The summed E-state index contributed by atoms with van der Waals surface area (Å²) in [4.78, 5) is 15.7. The zero-order valence-corrected chi connectivity index (χ0v) is 9.38. The molecule has 1 rings (SSSR count). The number of aliphatic hydroxyl groups is 1. The number of aromatic nitrogens is 1. The highest BCUT2D eigenvalue weighted by atomic mass is 32.1. The number of rotatable bonds is 4. The minimum Gasteiger partial charge on any atom is -0.395 e. The Bertz CT molecular complexity index is 394. The Labute approximate surface area is 98.7 Å². The molecule has 0 radical (unpaired) electrons. The first kappa shape index (κ1) is 13.7. The van der Waals surface area contributed by atoms with Crippen LogP contribution in [0.15, 0.2) is 5.38 Å². The predicted octanol–water partition coefficient (Wildman–Crippen LogP) is 0.722. The van der Waals surface area contributed by atoms with Gasteiger partial charge in [0, 0.05) is 11.9 Å². The third-order valence-corrected chi connectivity index (χ3v) is 2.44. The van der Waals surface area contributed by atoms with Gasteiger partial charge in [0.1, 0.15) is 12.2 Å². The fourth-order valence-corrected chi connectivity index (χ4v) is 1.67. The van der Waals surface area contributed by atoms with E-state index >= 15 is 0 Å². The number of nitrogens with zero attached hydrogens (tertiary/aromatic N) is 2. The number of nitrogens with two attached hydrogens (primary N) is 1. The number of aliphatic hydroxyl groups excluding tert-OH is 1. The molecule has 0 spiro atoms. The number of nitrogen functional groups attached to an aromatic ring is 1. The summed E-state index contributed by atoms with van der Waals surface area (Å²) >= 11 is 0.962. The SMILES string of the molecule is Nc1nc(C(=O)N(CCO)CC(F)(F)F)cs1. The van der Waals surface area contributed by atoms with Crippen LogP contribution in [0.4, 0.5) is 18.3 Å². The zero-order chi connectivity index (χ0) is 13.1. The number of carbonyl (C=O) groups is 1. The molecule has 0 aliphatic rings. The van der Waals surface area contributed by atoms with Gasteiger partial charge in [0.2, 0.25) is 0 Å². The van der Waals surface area contributed by atoms with Crippen molar-refractivity contribution in [2.24, 2.45) is 0 Å². The highest BCUT2D eigenvalue weighted by molar-refractivity contribution is 7.13. The van der Waals surface area contributed by atoms with Crippen molar-refractivity contribution in [3.8, 4) is 0 Å². The van der Waals surface area contributed by atoms with Crippen LogP contribution in [0, 0.1) is 0 Å². The van der Waals surface area contributed by atoms with E-state index in [1.165, 1.54) is 5.38 Å². The summed E-state index contributed by atoms with van der Waals surface area (Å²) in [5.41, 5.74) is 5.13. The Morgan fingerprint density at radius 3 is 2.65 bits per heavy atom. The average molecular weight is 269 g/mol. The predicted molar refractivity (Wildman–Crippen MR) is 55.6 cm³/mol. The number of halogens is 3. The second-order valence-corrected chi connectivity index (χ2v) is 4.03. The minimum atomic E-state index is -4.52. The summed E-state index contributed by atoms with van der Waals surface area (Å²) in [5, 5.41) is 10.0. The van der Waals surface area contributed by atoms with Gasteiger partial charge in [-0.1, -0.05) is 0 Å². The zero-order valence-electron chi connectivity index (χ0n) is 8.57. The topological polar surface area (TPSA) is 79.5 Å². The molecule has 1 heterocycles. The fraction of sp³-hybridized carbons (Fsp3) is 0.500. The van der Waals surface area contributed by atoms with E-state index in [1.807, 2.05) is 0 Å². The number of carbonyl (C=O) groups excluding carboxylic acids is 1. The first-order valence-electron chi connectivity index (χ1n) is 4.51. The van der Waals surface area contributed by atoms with Crippen molar-refractivity contribution in [1.82, 2.24) is 9.88 Å². The molecule has 1 aromatic rings. The molecule has 0 atom stereocenters. The number of thiazole rings is 1. The van der Waals surface area contributed by atoms with Gasteiger partial charge in [-0.25, -0.2) is 4.98 Å². The molecule has 0 unspecified atom stereocenters. The van der Waals surface area contributed by atoms with Gasteiger partial charge in [0.25, 0.3) is 5.91 Å². The molecule has 0 aliphatic heterocycles. The molecule has 0 saturated heterocycles. The Morgan fingerprint density at radius 2 is 2.24 bits per heavy atom. The maximum Gasteiger partial charge on any atom is 0.406 e. The van der Waals surface area contributed by atoms with Crippen molar-refractivity contribution >= 4 is 22.4 Å². The van der Waals surface area contributed by atoms with Crippen molar-refractivity contribution in [2.75, 3.05) is 25.4 Å². The van der Waals surface area contributed by atoms with Crippen molar-refractivity contribution in [2.45, 2.75) is 6.18 Å². The Kier molecular flexibility index (Phi) is 4.29. The maximum atomic E-state index is 12.2. The first-order chi connectivity index (χ1) is 7.83. The van der Waals surface area contributed by atoms with Crippen LogP contribution in [0.1, 0.15) is 10.5 Å². The van der Waals surface area contributed by atoms with Gasteiger partial charge in [0.05, 0.1) is 6.61 Å². The molecular formula is C8H10F3N3O2S. The maximum absolute atomic E-state index is 12.2. The molecule has 0 aliphatic carbocycles. The van der Waals surface area contributed by atoms with Gasteiger partial charge in [-0.3, -0.25) is 4.79 Å². The molecule has 96 valence electrons. The van der Waals surface area contributed by atoms with Crippen molar-refractivity contribution in [3.63, 3.8) is 0 Å². The van der Waals surface area contributed by atoms with Gasteiger partial charge < -0.3 is 15.7 Å². The first-order valence-corrected chi connectivity index (χ1v) is 5.39. The number of alkyl halides is 3. The van der Waals surface area contributed by atoms with Crippen molar-refractivity contribution < 1.29 is 23.1 Å². The van der Waals surface area contributed by atoms with E-state index < -0.39 is 31.8 Å². The number of hydrogen-bond acceptors (Lipinski definition) is 5. The molecule has 1 aromatic heterocycles. The average Bonchev–Trinajstić information content (AvgIpc) is 2.61. The molecular weight excluding hydrogens is 259 g/mol. The molecule has 17 heavy (non-hydrogen) atoms. The van der Waals surface area contributed by atoms with Crippen LogP contribution in [0.25, 0.3) is 0 Å².